The Bertz CT molecular complexity index is 796. The highest BCUT2D eigenvalue weighted by Crippen LogP contribution is 2.62. The summed E-state index contributed by atoms with van der Waals surface area (Å²) in [6.07, 6.45) is -0.515. The minimum Gasteiger partial charge on any atom is -0.432 e. The lowest BCUT2D eigenvalue weighted by atomic mass is 9.46. The molecule has 35 heavy (non-hydrogen) atoms. The van der Waals surface area contributed by atoms with Crippen LogP contribution >= 0.6 is 0 Å². The van der Waals surface area contributed by atoms with Gasteiger partial charge >= 0.3 is 5.97 Å². The maximum absolute atomic E-state index is 13.6. The molecule has 9 nitrogen and oxygen atoms in total. The first kappa shape index (κ1) is 28.2. The van der Waals surface area contributed by atoms with E-state index in [4.69, 9.17) is 9.47 Å². The molecule has 3 aliphatic rings. The number of hydrogen-bond acceptors (Lipinski definition) is 9. The number of rotatable bonds is 8. The lowest BCUT2D eigenvalue weighted by Gasteiger charge is -2.58. The molecule has 3 fully saturated rings. The van der Waals surface area contributed by atoms with E-state index in [0.717, 1.165) is 43.3 Å². The van der Waals surface area contributed by atoms with Gasteiger partial charge in [-0.15, -0.1) is 0 Å². The number of aliphatic hydroxyl groups excluding tert-OH is 6. The summed E-state index contributed by atoms with van der Waals surface area (Å²) >= 11 is 0. The molecule has 0 bridgehead atoms. The summed E-state index contributed by atoms with van der Waals surface area (Å²) in [5.74, 6) is -0.411. The monoisotopic (exact) mass is 498 g/mol. The number of allylic oxidation sites excluding steroid dienone is 1. The zero-order chi connectivity index (χ0) is 26.0. The van der Waals surface area contributed by atoms with Crippen LogP contribution in [0.2, 0.25) is 0 Å². The maximum Gasteiger partial charge on any atom is 0.314 e. The summed E-state index contributed by atoms with van der Waals surface area (Å²) < 4.78 is 11.0. The van der Waals surface area contributed by atoms with Crippen molar-refractivity contribution in [3.63, 3.8) is 0 Å². The van der Waals surface area contributed by atoms with Gasteiger partial charge in [-0.25, -0.2) is 0 Å². The number of aliphatic hydroxyl groups is 6. The highest BCUT2D eigenvalue weighted by molar-refractivity contribution is 5.77. The zero-order valence-corrected chi connectivity index (χ0v) is 20.8. The fourth-order valence-electron chi connectivity index (χ4n) is 6.84. The first-order valence-electron chi connectivity index (χ1n) is 12.6. The van der Waals surface area contributed by atoms with Gasteiger partial charge in [-0.2, -0.15) is 0 Å². The second-order valence-electron chi connectivity index (χ2n) is 10.9. The molecular weight excluding hydrogens is 456 g/mol. The second-order valence-corrected chi connectivity index (χ2v) is 10.9. The first-order chi connectivity index (χ1) is 16.5. The molecule has 9 heteroatoms. The van der Waals surface area contributed by atoms with Gasteiger partial charge in [-0.3, -0.25) is 4.79 Å². The van der Waals surface area contributed by atoms with Crippen LogP contribution in [0.5, 0.6) is 0 Å². The quantitative estimate of drug-likeness (QED) is 0.210. The highest BCUT2D eigenvalue weighted by atomic mass is 16.7. The van der Waals surface area contributed by atoms with Crippen LogP contribution in [0.4, 0.5) is 0 Å². The molecule has 1 aliphatic heterocycles. The van der Waals surface area contributed by atoms with Gasteiger partial charge in [0.25, 0.3) is 0 Å². The average molecular weight is 499 g/mol. The molecule has 0 aromatic heterocycles. The molecule has 0 amide bonds. The van der Waals surface area contributed by atoms with Gasteiger partial charge in [0.1, 0.15) is 24.4 Å². The fourth-order valence-corrected chi connectivity index (χ4v) is 6.84. The third-order valence-corrected chi connectivity index (χ3v) is 8.89. The van der Waals surface area contributed by atoms with E-state index in [1.165, 1.54) is 0 Å². The van der Waals surface area contributed by atoms with Crippen LogP contribution in [-0.4, -0.2) is 87.1 Å². The van der Waals surface area contributed by atoms with Crippen LogP contribution in [0, 0.1) is 22.7 Å². The van der Waals surface area contributed by atoms with Gasteiger partial charge in [0.2, 0.25) is 6.29 Å². The molecule has 2 aliphatic carbocycles. The summed E-state index contributed by atoms with van der Waals surface area (Å²) in [6, 6.07) is 0. The van der Waals surface area contributed by atoms with Gasteiger partial charge < -0.3 is 40.1 Å². The van der Waals surface area contributed by atoms with Gasteiger partial charge in [-0.05, 0) is 68.3 Å². The third kappa shape index (κ3) is 5.37. The van der Waals surface area contributed by atoms with E-state index in [-0.39, 0.29) is 30.5 Å². The Morgan fingerprint density at radius 2 is 1.86 bits per heavy atom. The second kappa shape index (κ2) is 11.4. The van der Waals surface area contributed by atoms with E-state index < -0.39 is 48.7 Å². The normalized spacial score (nSPS) is 42.5. The molecule has 1 saturated heterocycles. The molecular formula is C26H42O9. The Hall–Kier alpha value is -1.33. The van der Waals surface area contributed by atoms with Crippen molar-refractivity contribution in [2.75, 3.05) is 19.8 Å². The zero-order valence-electron chi connectivity index (χ0n) is 20.8. The van der Waals surface area contributed by atoms with Crippen LogP contribution in [0.1, 0.15) is 58.8 Å². The smallest absolute Gasteiger partial charge is 0.314 e. The predicted octanol–water partition coefficient (Wildman–Crippen LogP) is 0.800. The maximum atomic E-state index is 13.6. The van der Waals surface area contributed by atoms with Gasteiger partial charge in [0.15, 0.2) is 0 Å². The number of esters is 1. The number of carbonyl (C=O) groups is 1. The largest absolute Gasteiger partial charge is 0.432 e. The average Bonchev–Trinajstić information content (AvgIpc) is 2.82. The van der Waals surface area contributed by atoms with Crippen LogP contribution in [-0.2, 0) is 14.3 Å². The van der Waals surface area contributed by atoms with Crippen LogP contribution < -0.4 is 0 Å². The standard InChI is InChI=1S/C26H42O9/c1-15-5-8-19-25(2,17(15)7-6-16(13-28)9-12-27)10-4-11-26(19,3)24(33)35-23-22(32)21(31)20(30)18(14-29)34-23/h9,17-23,27-32H,1,4-8,10-14H2,2-3H3/b16-9-/t17-,18+,19+,20+,21-,22+,23-,25+,26-/m0/s1. The van der Waals surface area contributed by atoms with Crippen molar-refractivity contribution in [1.82, 2.24) is 0 Å². The van der Waals surface area contributed by atoms with Crippen molar-refractivity contribution in [2.45, 2.75) is 89.5 Å². The SMILES string of the molecule is C=C1CC[C@@H]2[C@](C)(CCC[C@]2(C)C(=O)O[C@@H]2O[C@H](CO)[C@@H](O)[C@H](O)[C@H]2O)[C@H]1CC/C(=C/CO)CO. The Kier molecular flexibility index (Phi) is 9.18. The van der Waals surface area contributed by atoms with Crippen molar-refractivity contribution >= 4 is 5.97 Å². The summed E-state index contributed by atoms with van der Waals surface area (Å²) in [7, 11) is 0. The van der Waals surface area contributed by atoms with Crippen molar-refractivity contribution in [1.29, 1.82) is 0 Å². The Labute approximate surface area is 207 Å². The van der Waals surface area contributed by atoms with E-state index in [1.807, 2.05) is 6.92 Å². The van der Waals surface area contributed by atoms with E-state index in [2.05, 4.69) is 13.5 Å². The molecule has 9 atom stereocenters. The topological polar surface area (TPSA) is 157 Å². The molecule has 200 valence electrons. The first-order valence-corrected chi connectivity index (χ1v) is 12.6. The molecule has 0 aromatic carbocycles. The van der Waals surface area contributed by atoms with E-state index in [9.17, 15) is 35.4 Å². The fraction of sp³-hybridized carbons (Fsp3) is 0.808. The van der Waals surface area contributed by atoms with Gasteiger partial charge in [0.05, 0.1) is 25.2 Å². The molecule has 0 aromatic rings. The van der Waals surface area contributed by atoms with Crippen molar-refractivity contribution in [2.24, 2.45) is 22.7 Å². The van der Waals surface area contributed by atoms with Crippen molar-refractivity contribution in [3.05, 3.63) is 23.8 Å². The number of hydrogen-bond donors (Lipinski definition) is 6. The van der Waals surface area contributed by atoms with Crippen molar-refractivity contribution in [3.8, 4) is 0 Å². The molecule has 0 spiro atoms. The molecule has 1 heterocycles. The number of carbonyl (C=O) groups excluding carboxylic acids is 1. The minimum atomic E-state index is -1.63. The molecule has 6 N–H and O–H groups in total. The van der Waals surface area contributed by atoms with Crippen molar-refractivity contribution < 1.29 is 44.9 Å². The molecule has 0 unspecified atom stereocenters. The van der Waals surface area contributed by atoms with Gasteiger partial charge in [-0.1, -0.05) is 31.6 Å². The van der Waals surface area contributed by atoms with Gasteiger partial charge in [0, 0.05) is 0 Å². The minimum absolute atomic E-state index is 0.0176. The number of ether oxygens (including phenoxy) is 2. The van der Waals surface area contributed by atoms with Crippen LogP contribution in [0.15, 0.2) is 23.8 Å². The summed E-state index contributed by atoms with van der Waals surface area (Å²) in [5, 5.41) is 58.7. The third-order valence-electron chi connectivity index (χ3n) is 8.89. The molecule has 0 radical (unpaired) electrons. The summed E-state index contributed by atoms with van der Waals surface area (Å²) in [5.41, 5.74) is 0.838. The predicted molar refractivity (Wildman–Crippen MR) is 127 cm³/mol. The van der Waals surface area contributed by atoms with Crippen LogP contribution in [0.25, 0.3) is 0 Å². The highest BCUT2D eigenvalue weighted by Gasteiger charge is 2.58. The lowest BCUT2D eigenvalue weighted by Crippen LogP contribution is -2.61. The Morgan fingerprint density at radius 3 is 2.49 bits per heavy atom. The van der Waals surface area contributed by atoms with E-state index >= 15 is 0 Å². The molecule has 2 saturated carbocycles. The van der Waals surface area contributed by atoms with E-state index in [0.29, 0.717) is 12.8 Å². The summed E-state index contributed by atoms with van der Waals surface area (Å²) in [4.78, 5) is 13.6. The lowest BCUT2D eigenvalue weighted by molar-refractivity contribution is -0.297. The van der Waals surface area contributed by atoms with Crippen LogP contribution in [0.3, 0.4) is 0 Å². The molecule has 3 rings (SSSR count). The Morgan fingerprint density at radius 1 is 1.14 bits per heavy atom. The van der Waals surface area contributed by atoms with E-state index in [1.54, 1.807) is 6.08 Å². The number of fused-ring (bicyclic) bond motifs is 1. The summed E-state index contributed by atoms with van der Waals surface area (Å²) in [6.45, 7) is 7.59. The Balaban J connectivity index is 1.80.